The van der Waals surface area contributed by atoms with Crippen molar-refractivity contribution in [3.8, 4) is 6.07 Å². The van der Waals surface area contributed by atoms with Crippen LogP contribution in [-0.2, 0) is 5.41 Å². The fourth-order valence-electron chi connectivity index (χ4n) is 1.20. The topological polar surface area (TPSA) is 61.1 Å². The lowest BCUT2D eigenvalue weighted by Gasteiger charge is -2.16. The molecule has 4 heteroatoms. The molecule has 78 valence electrons. The van der Waals surface area contributed by atoms with Crippen molar-refractivity contribution in [2.75, 3.05) is 0 Å². The molecule has 0 unspecified atom stereocenters. The summed E-state index contributed by atoms with van der Waals surface area (Å²) < 4.78 is 13.4. The van der Waals surface area contributed by atoms with Crippen LogP contribution in [0.15, 0.2) is 18.2 Å². The summed E-state index contributed by atoms with van der Waals surface area (Å²) in [6.07, 6.45) is 0. The first-order chi connectivity index (χ1) is 6.88. The van der Waals surface area contributed by atoms with Crippen molar-refractivity contribution in [3.05, 3.63) is 35.1 Å². The number of nitrogens with zero attached hydrogens (tertiary/aromatic N) is 1. The van der Waals surface area contributed by atoms with Gasteiger partial charge in [0.15, 0.2) is 0 Å². The molecule has 0 saturated heterocycles. The van der Waals surface area contributed by atoms with E-state index in [2.05, 4.69) is 0 Å². The zero-order valence-corrected chi connectivity index (χ0v) is 8.41. The Bertz CT molecular complexity index is 446. The number of carbonyl (C=O) groups is 1. The number of halogens is 1. The molecule has 1 aromatic carbocycles. The van der Waals surface area contributed by atoms with Crippen molar-refractivity contribution in [2.45, 2.75) is 19.3 Å². The second-order valence-corrected chi connectivity index (χ2v) is 3.74. The van der Waals surface area contributed by atoms with E-state index in [1.165, 1.54) is 26.0 Å². The van der Waals surface area contributed by atoms with E-state index in [0.29, 0.717) is 0 Å². The van der Waals surface area contributed by atoms with Crippen molar-refractivity contribution in [1.29, 1.82) is 5.26 Å². The molecule has 0 aliphatic heterocycles. The minimum Gasteiger partial charge on any atom is -0.478 e. The second kappa shape index (κ2) is 3.70. The third-order valence-electron chi connectivity index (χ3n) is 2.17. The highest BCUT2D eigenvalue weighted by molar-refractivity contribution is 5.87. The van der Waals surface area contributed by atoms with Gasteiger partial charge in [-0.15, -0.1) is 0 Å². The van der Waals surface area contributed by atoms with Crippen LogP contribution in [0.2, 0.25) is 0 Å². The van der Waals surface area contributed by atoms with Gasteiger partial charge in [0.25, 0.3) is 0 Å². The molecular weight excluding hydrogens is 197 g/mol. The maximum absolute atomic E-state index is 13.4. The molecular formula is C11H10FNO2. The summed E-state index contributed by atoms with van der Waals surface area (Å²) in [5, 5.41) is 17.6. The highest BCUT2D eigenvalue weighted by Crippen LogP contribution is 2.25. The largest absolute Gasteiger partial charge is 0.478 e. The molecule has 1 N–H and O–H groups in total. The summed E-state index contributed by atoms with van der Waals surface area (Å²) in [6, 6.07) is 5.37. The van der Waals surface area contributed by atoms with Crippen molar-refractivity contribution in [1.82, 2.24) is 0 Å². The molecule has 0 aliphatic rings. The van der Waals surface area contributed by atoms with Crippen LogP contribution in [0.25, 0.3) is 0 Å². The highest BCUT2D eigenvalue weighted by Gasteiger charge is 2.24. The van der Waals surface area contributed by atoms with Crippen LogP contribution in [0.4, 0.5) is 4.39 Å². The van der Waals surface area contributed by atoms with Gasteiger partial charge in [0.2, 0.25) is 0 Å². The molecule has 0 heterocycles. The van der Waals surface area contributed by atoms with E-state index in [0.717, 1.165) is 6.07 Å². The lowest BCUT2D eigenvalue weighted by atomic mass is 9.85. The van der Waals surface area contributed by atoms with Gasteiger partial charge in [-0.3, -0.25) is 0 Å². The second-order valence-electron chi connectivity index (χ2n) is 3.74. The number of hydrogen-bond acceptors (Lipinski definition) is 2. The summed E-state index contributed by atoms with van der Waals surface area (Å²) in [7, 11) is 0. The molecule has 0 aromatic heterocycles. The van der Waals surface area contributed by atoms with E-state index in [4.69, 9.17) is 10.4 Å². The lowest BCUT2D eigenvalue weighted by molar-refractivity contribution is 0.0696. The molecule has 0 spiro atoms. The summed E-state index contributed by atoms with van der Waals surface area (Å²) in [6.45, 7) is 3.08. The van der Waals surface area contributed by atoms with Crippen molar-refractivity contribution < 1.29 is 14.3 Å². The van der Waals surface area contributed by atoms with E-state index >= 15 is 0 Å². The van der Waals surface area contributed by atoms with Gasteiger partial charge in [-0.1, -0.05) is 0 Å². The van der Waals surface area contributed by atoms with E-state index in [1.807, 2.05) is 6.07 Å². The number of carboxylic acid groups (broad SMARTS) is 1. The molecule has 0 fully saturated rings. The number of nitriles is 1. The molecule has 0 saturated carbocycles. The average molecular weight is 207 g/mol. The van der Waals surface area contributed by atoms with Gasteiger partial charge < -0.3 is 5.11 Å². The molecule has 0 bridgehead atoms. The molecule has 15 heavy (non-hydrogen) atoms. The maximum atomic E-state index is 13.4. The third-order valence-corrected chi connectivity index (χ3v) is 2.17. The molecule has 1 rings (SSSR count). The van der Waals surface area contributed by atoms with Gasteiger partial charge in [0.05, 0.1) is 17.0 Å². The Morgan fingerprint density at radius 3 is 2.60 bits per heavy atom. The molecule has 0 amide bonds. The Hall–Kier alpha value is -1.89. The molecule has 3 nitrogen and oxygen atoms in total. The number of carboxylic acids is 1. The Kier molecular flexibility index (Phi) is 2.76. The number of rotatable bonds is 2. The smallest absolute Gasteiger partial charge is 0.335 e. The Morgan fingerprint density at radius 1 is 1.53 bits per heavy atom. The van der Waals surface area contributed by atoms with Crippen LogP contribution in [-0.4, -0.2) is 11.1 Å². The number of hydrogen-bond donors (Lipinski definition) is 1. The zero-order valence-electron chi connectivity index (χ0n) is 8.41. The Morgan fingerprint density at radius 2 is 2.13 bits per heavy atom. The molecule has 1 aromatic rings. The Balaban J connectivity index is 3.36. The Labute approximate surface area is 86.8 Å². The third kappa shape index (κ3) is 2.13. The SMILES string of the molecule is CC(C)(C#N)c1cc(C(=O)O)ccc1F. The lowest BCUT2D eigenvalue weighted by Crippen LogP contribution is -2.17. The fourth-order valence-corrected chi connectivity index (χ4v) is 1.20. The quantitative estimate of drug-likeness (QED) is 0.809. The van der Waals surface area contributed by atoms with E-state index < -0.39 is 17.2 Å². The van der Waals surface area contributed by atoms with Gasteiger partial charge in [-0.25, -0.2) is 9.18 Å². The van der Waals surface area contributed by atoms with Crippen molar-refractivity contribution in [2.24, 2.45) is 0 Å². The summed E-state index contributed by atoms with van der Waals surface area (Å²) in [5.74, 6) is -1.70. The average Bonchev–Trinajstić information content (AvgIpc) is 2.17. The standard InChI is InChI=1S/C11H10FNO2/c1-11(2,6-13)8-5-7(10(14)15)3-4-9(8)12/h3-5H,1-2H3,(H,14,15). The van der Waals surface area contributed by atoms with Crippen molar-refractivity contribution >= 4 is 5.97 Å². The molecule has 0 radical (unpaired) electrons. The first kappa shape index (κ1) is 11.2. The minimum atomic E-state index is -1.13. The minimum absolute atomic E-state index is 0.0188. The summed E-state index contributed by atoms with van der Waals surface area (Å²) >= 11 is 0. The van der Waals surface area contributed by atoms with Gasteiger partial charge in [0, 0.05) is 5.56 Å². The van der Waals surface area contributed by atoms with Crippen LogP contribution in [0.5, 0.6) is 0 Å². The van der Waals surface area contributed by atoms with Crippen LogP contribution in [0.3, 0.4) is 0 Å². The fraction of sp³-hybridized carbons (Fsp3) is 0.273. The van der Waals surface area contributed by atoms with Crippen LogP contribution in [0, 0.1) is 17.1 Å². The van der Waals surface area contributed by atoms with Gasteiger partial charge in [-0.05, 0) is 32.0 Å². The monoisotopic (exact) mass is 207 g/mol. The summed E-state index contributed by atoms with van der Waals surface area (Å²) in [5.41, 5.74) is -0.949. The predicted molar refractivity (Wildman–Crippen MR) is 52.0 cm³/mol. The molecule has 0 atom stereocenters. The van der Waals surface area contributed by atoms with E-state index in [-0.39, 0.29) is 11.1 Å². The first-order valence-electron chi connectivity index (χ1n) is 4.33. The zero-order chi connectivity index (χ0) is 11.6. The summed E-state index contributed by atoms with van der Waals surface area (Å²) in [4.78, 5) is 10.7. The normalized spacial score (nSPS) is 10.8. The van der Waals surface area contributed by atoms with Crippen LogP contribution in [0.1, 0.15) is 29.8 Å². The maximum Gasteiger partial charge on any atom is 0.335 e. The number of aromatic carboxylic acids is 1. The van der Waals surface area contributed by atoms with Gasteiger partial charge in [0.1, 0.15) is 5.82 Å². The first-order valence-corrected chi connectivity index (χ1v) is 4.33. The number of benzene rings is 1. The van der Waals surface area contributed by atoms with E-state index in [9.17, 15) is 9.18 Å². The predicted octanol–water partition coefficient (Wildman–Crippen LogP) is 2.33. The van der Waals surface area contributed by atoms with Crippen molar-refractivity contribution in [3.63, 3.8) is 0 Å². The molecule has 0 aliphatic carbocycles. The van der Waals surface area contributed by atoms with Gasteiger partial charge in [-0.2, -0.15) is 5.26 Å². The van der Waals surface area contributed by atoms with Crippen LogP contribution < -0.4 is 0 Å². The highest BCUT2D eigenvalue weighted by atomic mass is 19.1. The van der Waals surface area contributed by atoms with E-state index in [1.54, 1.807) is 0 Å². The van der Waals surface area contributed by atoms with Gasteiger partial charge >= 0.3 is 5.97 Å². The van der Waals surface area contributed by atoms with Crippen LogP contribution >= 0.6 is 0 Å².